The van der Waals surface area contributed by atoms with Crippen molar-refractivity contribution in [1.82, 2.24) is 19.0 Å². The number of hydrogen-bond donors (Lipinski definition) is 0. The molecule has 0 spiro atoms. The third kappa shape index (κ3) is 3.74. The molecule has 0 bridgehead atoms. The van der Waals surface area contributed by atoms with Gasteiger partial charge >= 0.3 is 0 Å². The Hall–Kier alpha value is -2.26. The molecule has 0 radical (unpaired) electrons. The van der Waals surface area contributed by atoms with Crippen LogP contribution in [-0.4, -0.2) is 59.5 Å². The Balaban J connectivity index is 1.79. The topological polar surface area (TPSA) is 75.5 Å². The van der Waals surface area contributed by atoms with Gasteiger partial charge in [0.2, 0.25) is 10.0 Å². The maximum atomic E-state index is 13.4. The van der Waals surface area contributed by atoms with Gasteiger partial charge in [-0.15, -0.1) is 0 Å². The van der Waals surface area contributed by atoms with Gasteiger partial charge in [-0.1, -0.05) is 6.07 Å². The van der Waals surface area contributed by atoms with E-state index in [9.17, 15) is 17.6 Å². The molecule has 0 unspecified atom stereocenters. The molecule has 146 valence electrons. The molecule has 0 saturated carbocycles. The lowest BCUT2D eigenvalue weighted by atomic mass is 10.2. The fourth-order valence-corrected chi connectivity index (χ4v) is 5.27. The number of nitrogens with zero attached hydrogens (tertiary/aromatic N) is 4. The zero-order valence-electron chi connectivity index (χ0n) is 15.6. The molecule has 27 heavy (non-hydrogen) atoms. The minimum absolute atomic E-state index is 0.192. The molecule has 9 heteroatoms. The number of benzene rings is 1. The molecule has 1 aromatic heterocycles. The lowest BCUT2D eigenvalue weighted by molar-refractivity contribution is 0.0763. The van der Waals surface area contributed by atoms with Crippen LogP contribution >= 0.6 is 0 Å². The normalized spacial score (nSPS) is 16.4. The minimum atomic E-state index is -3.69. The summed E-state index contributed by atoms with van der Waals surface area (Å²) in [5, 5.41) is 4.20. The van der Waals surface area contributed by atoms with Crippen molar-refractivity contribution >= 4 is 15.9 Å². The molecule has 1 amide bonds. The van der Waals surface area contributed by atoms with E-state index in [1.807, 2.05) is 0 Å². The van der Waals surface area contributed by atoms with Gasteiger partial charge in [0, 0.05) is 38.8 Å². The molecule has 1 aliphatic heterocycles. The Bertz CT molecular complexity index is 971. The minimum Gasteiger partial charge on any atom is -0.337 e. The van der Waals surface area contributed by atoms with E-state index in [-0.39, 0.29) is 29.5 Å². The van der Waals surface area contributed by atoms with E-state index in [0.29, 0.717) is 30.9 Å². The maximum absolute atomic E-state index is 13.4. The average Bonchev–Trinajstić information content (AvgIpc) is 2.80. The number of halogens is 1. The molecule has 1 saturated heterocycles. The first-order valence-electron chi connectivity index (χ1n) is 8.77. The number of amides is 1. The summed E-state index contributed by atoms with van der Waals surface area (Å²) < 4.78 is 42.6. The summed E-state index contributed by atoms with van der Waals surface area (Å²) in [6.07, 6.45) is 0.513. The first-order valence-corrected chi connectivity index (χ1v) is 10.2. The Labute approximate surface area is 158 Å². The van der Waals surface area contributed by atoms with Gasteiger partial charge in [-0.25, -0.2) is 12.8 Å². The third-order valence-electron chi connectivity index (χ3n) is 4.85. The van der Waals surface area contributed by atoms with Crippen LogP contribution in [0.25, 0.3) is 0 Å². The molecule has 1 aromatic carbocycles. The van der Waals surface area contributed by atoms with Crippen LogP contribution in [0.15, 0.2) is 29.2 Å². The van der Waals surface area contributed by atoms with Crippen LogP contribution in [0.3, 0.4) is 0 Å². The van der Waals surface area contributed by atoms with Crippen molar-refractivity contribution in [2.45, 2.75) is 25.2 Å². The molecule has 7 nitrogen and oxygen atoms in total. The van der Waals surface area contributed by atoms with Gasteiger partial charge in [-0.05, 0) is 38.5 Å². The van der Waals surface area contributed by atoms with E-state index in [4.69, 9.17) is 0 Å². The summed E-state index contributed by atoms with van der Waals surface area (Å²) >= 11 is 0. The molecule has 1 aliphatic rings. The molecule has 2 heterocycles. The van der Waals surface area contributed by atoms with Gasteiger partial charge in [0.15, 0.2) is 0 Å². The molecular formula is C18H23FN4O3S. The summed E-state index contributed by atoms with van der Waals surface area (Å²) in [6, 6.07) is 5.54. The van der Waals surface area contributed by atoms with Crippen molar-refractivity contribution in [2.75, 3.05) is 26.2 Å². The SMILES string of the molecule is Cc1nn(C)c(C)c1S(=O)(=O)N1CCCN(C(=O)c2cccc(F)c2)CC1. The standard InChI is InChI=1S/C18H23FN4O3S/c1-13-17(14(2)21(3)20-13)27(25,26)23-9-5-8-22(10-11-23)18(24)15-6-4-7-16(19)12-15/h4,6-7,12H,5,8-11H2,1-3H3. The van der Waals surface area contributed by atoms with E-state index in [0.717, 1.165) is 0 Å². The van der Waals surface area contributed by atoms with Crippen molar-refractivity contribution in [1.29, 1.82) is 0 Å². The largest absolute Gasteiger partial charge is 0.337 e. The van der Waals surface area contributed by atoms with Crippen LogP contribution in [-0.2, 0) is 17.1 Å². The Morgan fingerprint density at radius 3 is 2.52 bits per heavy atom. The second-order valence-corrected chi connectivity index (χ2v) is 8.56. The van der Waals surface area contributed by atoms with Crippen molar-refractivity contribution in [3.8, 4) is 0 Å². The lowest BCUT2D eigenvalue weighted by Gasteiger charge is -2.22. The van der Waals surface area contributed by atoms with Gasteiger partial charge in [0.1, 0.15) is 10.7 Å². The Kier molecular flexibility index (Phi) is 5.34. The van der Waals surface area contributed by atoms with E-state index in [2.05, 4.69) is 5.10 Å². The molecule has 1 fully saturated rings. The highest BCUT2D eigenvalue weighted by atomic mass is 32.2. The van der Waals surface area contributed by atoms with Crippen LogP contribution in [0.4, 0.5) is 4.39 Å². The van der Waals surface area contributed by atoms with Crippen LogP contribution < -0.4 is 0 Å². The summed E-state index contributed by atoms with van der Waals surface area (Å²) in [7, 11) is -1.98. The highest BCUT2D eigenvalue weighted by Crippen LogP contribution is 2.24. The number of sulfonamides is 1. The van der Waals surface area contributed by atoms with Gasteiger partial charge in [0.25, 0.3) is 5.91 Å². The number of carbonyl (C=O) groups excluding carboxylic acids is 1. The summed E-state index contributed by atoms with van der Waals surface area (Å²) in [6.45, 7) is 4.60. The molecule has 0 N–H and O–H groups in total. The number of rotatable bonds is 3. The van der Waals surface area contributed by atoms with E-state index < -0.39 is 15.8 Å². The van der Waals surface area contributed by atoms with E-state index in [1.54, 1.807) is 36.5 Å². The van der Waals surface area contributed by atoms with Crippen molar-refractivity contribution in [3.63, 3.8) is 0 Å². The zero-order valence-corrected chi connectivity index (χ0v) is 16.5. The van der Waals surface area contributed by atoms with Crippen molar-refractivity contribution in [3.05, 3.63) is 47.0 Å². The second kappa shape index (κ2) is 7.40. The third-order valence-corrected chi connectivity index (χ3v) is 7.01. The Morgan fingerprint density at radius 1 is 1.15 bits per heavy atom. The zero-order chi connectivity index (χ0) is 19.8. The average molecular weight is 394 g/mol. The first kappa shape index (κ1) is 19.5. The number of aromatic nitrogens is 2. The number of aryl methyl sites for hydroxylation is 2. The van der Waals surface area contributed by atoms with Crippen molar-refractivity contribution < 1.29 is 17.6 Å². The lowest BCUT2D eigenvalue weighted by Crippen LogP contribution is -2.37. The van der Waals surface area contributed by atoms with Gasteiger partial charge in [-0.3, -0.25) is 9.48 Å². The molecule has 2 aromatic rings. The fraction of sp³-hybridized carbons (Fsp3) is 0.444. The van der Waals surface area contributed by atoms with Crippen LogP contribution in [0.1, 0.15) is 28.2 Å². The van der Waals surface area contributed by atoms with Crippen LogP contribution in [0.2, 0.25) is 0 Å². The molecule has 3 rings (SSSR count). The van der Waals surface area contributed by atoms with Gasteiger partial charge in [-0.2, -0.15) is 9.40 Å². The van der Waals surface area contributed by atoms with Crippen LogP contribution in [0.5, 0.6) is 0 Å². The van der Waals surface area contributed by atoms with E-state index >= 15 is 0 Å². The molecule has 0 atom stereocenters. The van der Waals surface area contributed by atoms with Crippen molar-refractivity contribution in [2.24, 2.45) is 7.05 Å². The molecular weight excluding hydrogens is 371 g/mol. The molecule has 0 aliphatic carbocycles. The summed E-state index contributed by atoms with van der Waals surface area (Å²) in [4.78, 5) is 14.4. The summed E-state index contributed by atoms with van der Waals surface area (Å²) in [5.41, 5.74) is 1.32. The number of carbonyl (C=O) groups is 1. The highest BCUT2D eigenvalue weighted by Gasteiger charge is 2.32. The van der Waals surface area contributed by atoms with E-state index in [1.165, 1.54) is 22.5 Å². The smallest absolute Gasteiger partial charge is 0.254 e. The van der Waals surface area contributed by atoms with Crippen LogP contribution in [0, 0.1) is 19.7 Å². The number of hydrogen-bond acceptors (Lipinski definition) is 4. The predicted molar refractivity (Wildman–Crippen MR) is 98.4 cm³/mol. The second-order valence-electron chi connectivity index (χ2n) is 6.68. The Morgan fingerprint density at radius 2 is 1.89 bits per heavy atom. The maximum Gasteiger partial charge on any atom is 0.254 e. The van der Waals surface area contributed by atoms with Gasteiger partial charge in [0.05, 0.1) is 11.4 Å². The quantitative estimate of drug-likeness (QED) is 0.794. The predicted octanol–water partition coefficient (Wildman–Crippen LogP) is 1.71. The summed E-state index contributed by atoms with van der Waals surface area (Å²) in [5.74, 6) is -0.759. The monoisotopic (exact) mass is 394 g/mol. The fourth-order valence-electron chi connectivity index (χ4n) is 3.40. The van der Waals surface area contributed by atoms with Gasteiger partial charge < -0.3 is 4.90 Å². The first-order chi connectivity index (χ1) is 12.7. The highest BCUT2D eigenvalue weighted by molar-refractivity contribution is 7.89.